The van der Waals surface area contributed by atoms with Gasteiger partial charge in [0, 0.05) is 0 Å². The highest BCUT2D eigenvalue weighted by molar-refractivity contribution is 5.75. The number of fused-ring (bicyclic) bond motifs is 1. The van der Waals surface area contributed by atoms with Crippen LogP contribution < -0.4 is 0 Å². The number of oxazole rings is 1. The van der Waals surface area contributed by atoms with Gasteiger partial charge in [0.2, 0.25) is 0 Å². The number of unbranched alkanes of at least 4 members (excludes halogenated alkanes) is 1. The van der Waals surface area contributed by atoms with E-state index in [1.807, 2.05) is 12.1 Å². The van der Waals surface area contributed by atoms with Gasteiger partial charge in [0.15, 0.2) is 12.0 Å². The van der Waals surface area contributed by atoms with Gasteiger partial charge in [-0.05, 0) is 24.5 Å². The largest absolute Gasteiger partial charge is 0.443 e. The summed E-state index contributed by atoms with van der Waals surface area (Å²) >= 11 is 0. The third-order valence-corrected chi connectivity index (χ3v) is 2.24. The minimum absolute atomic E-state index is 0.955. The molecule has 13 heavy (non-hydrogen) atoms. The molecule has 0 unspecified atom stereocenters. The lowest BCUT2D eigenvalue weighted by atomic mass is 10.1. The molecule has 1 aromatic heterocycles. The molecule has 0 aliphatic rings. The second kappa shape index (κ2) is 3.60. The summed E-state index contributed by atoms with van der Waals surface area (Å²) < 4.78 is 5.33. The van der Waals surface area contributed by atoms with Crippen molar-refractivity contribution in [2.24, 2.45) is 0 Å². The molecule has 1 heterocycles. The summed E-state index contributed by atoms with van der Waals surface area (Å²) in [7, 11) is 0. The average Bonchev–Trinajstić information content (AvgIpc) is 2.62. The van der Waals surface area contributed by atoms with Gasteiger partial charge in [-0.1, -0.05) is 25.5 Å². The molecule has 2 heteroatoms. The number of benzene rings is 1. The Morgan fingerprint density at radius 1 is 1.38 bits per heavy atom. The zero-order valence-corrected chi connectivity index (χ0v) is 7.79. The van der Waals surface area contributed by atoms with Crippen LogP contribution in [-0.4, -0.2) is 4.98 Å². The molecule has 2 rings (SSSR count). The number of hydrogen-bond acceptors (Lipinski definition) is 2. The first-order chi connectivity index (χ1) is 6.42. The fraction of sp³-hybridized carbons (Fsp3) is 0.364. The molecular weight excluding hydrogens is 162 g/mol. The highest BCUT2D eigenvalue weighted by Gasteiger charge is 2.03. The van der Waals surface area contributed by atoms with Gasteiger partial charge in [-0.3, -0.25) is 0 Å². The summed E-state index contributed by atoms with van der Waals surface area (Å²) in [6, 6.07) is 6.13. The number of para-hydroxylation sites is 1. The maximum atomic E-state index is 5.33. The fourth-order valence-corrected chi connectivity index (χ4v) is 1.51. The first-order valence-electron chi connectivity index (χ1n) is 4.73. The van der Waals surface area contributed by atoms with Crippen LogP contribution in [0, 0.1) is 0 Å². The molecule has 0 atom stereocenters. The van der Waals surface area contributed by atoms with Crippen LogP contribution in [0.15, 0.2) is 29.0 Å². The molecular formula is C11H13NO. The van der Waals surface area contributed by atoms with Crippen LogP contribution in [-0.2, 0) is 6.42 Å². The van der Waals surface area contributed by atoms with Gasteiger partial charge in [-0.15, -0.1) is 0 Å². The second-order valence-corrected chi connectivity index (χ2v) is 3.22. The van der Waals surface area contributed by atoms with Crippen LogP contribution in [0.3, 0.4) is 0 Å². The molecule has 0 fully saturated rings. The standard InChI is InChI=1S/C11H13NO/c1-2-3-5-9-6-4-7-10-11(9)13-8-12-10/h4,6-8H,2-3,5H2,1H3. The third-order valence-electron chi connectivity index (χ3n) is 2.24. The van der Waals surface area contributed by atoms with E-state index in [2.05, 4.69) is 18.0 Å². The van der Waals surface area contributed by atoms with Crippen LogP contribution in [0.4, 0.5) is 0 Å². The van der Waals surface area contributed by atoms with Crippen molar-refractivity contribution in [3.63, 3.8) is 0 Å². The third kappa shape index (κ3) is 1.57. The van der Waals surface area contributed by atoms with Gasteiger partial charge < -0.3 is 4.42 Å². The van der Waals surface area contributed by atoms with Crippen LogP contribution in [0.25, 0.3) is 11.1 Å². The lowest BCUT2D eigenvalue weighted by Gasteiger charge is -1.98. The quantitative estimate of drug-likeness (QED) is 0.716. The Morgan fingerprint density at radius 3 is 3.15 bits per heavy atom. The van der Waals surface area contributed by atoms with E-state index in [0.717, 1.165) is 17.5 Å². The van der Waals surface area contributed by atoms with E-state index in [1.165, 1.54) is 24.8 Å². The highest BCUT2D eigenvalue weighted by Crippen LogP contribution is 2.18. The predicted octanol–water partition coefficient (Wildman–Crippen LogP) is 3.17. The zero-order valence-electron chi connectivity index (χ0n) is 7.79. The number of aryl methyl sites for hydroxylation is 1. The number of aromatic nitrogens is 1. The monoisotopic (exact) mass is 175 g/mol. The molecule has 0 N–H and O–H groups in total. The van der Waals surface area contributed by atoms with E-state index in [4.69, 9.17) is 4.42 Å². The summed E-state index contributed by atoms with van der Waals surface area (Å²) in [6.07, 6.45) is 5.02. The van der Waals surface area contributed by atoms with Crippen molar-refractivity contribution in [1.82, 2.24) is 4.98 Å². The van der Waals surface area contributed by atoms with E-state index in [9.17, 15) is 0 Å². The van der Waals surface area contributed by atoms with Crippen LogP contribution >= 0.6 is 0 Å². The van der Waals surface area contributed by atoms with E-state index in [0.29, 0.717) is 0 Å². The van der Waals surface area contributed by atoms with Crippen molar-refractivity contribution in [3.8, 4) is 0 Å². The van der Waals surface area contributed by atoms with Gasteiger partial charge in [-0.25, -0.2) is 4.98 Å². The van der Waals surface area contributed by atoms with Crippen molar-refractivity contribution in [2.75, 3.05) is 0 Å². The first-order valence-corrected chi connectivity index (χ1v) is 4.73. The first kappa shape index (κ1) is 8.30. The summed E-state index contributed by atoms with van der Waals surface area (Å²) in [4.78, 5) is 4.12. The van der Waals surface area contributed by atoms with Crippen molar-refractivity contribution in [1.29, 1.82) is 0 Å². The van der Waals surface area contributed by atoms with Gasteiger partial charge in [-0.2, -0.15) is 0 Å². The minimum atomic E-state index is 0.955. The Labute approximate surface area is 77.6 Å². The number of rotatable bonds is 3. The van der Waals surface area contributed by atoms with Crippen molar-refractivity contribution in [3.05, 3.63) is 30.2 Å². The molecule has 0 aliphatic heterocycles. The molecule has 68 valence electrons. The summed E-state index contributed by atoms with van der Waals surface area (Å²) in [5.41, 5.74) is 3.20. The Kier molecular flexibility index (Phi) is 2.30. The van der Waals surface area contributed by atoms with Gasteiger partial charge >= 0.3 is 0 Å². The Bertz CT molecular complexity index is 392. The molecule has 0 bridgehead atoms. The van der Waals surface area contributed by atoms with Crippen LogP contribution in [0.5, 0.6) is 0 Å². The minimum Gasteiger partial charge on any atom is -0.443 e. The Balaban J connectivity index is 2.37. The molecule has 0 radical (unpaired) electrons. The molecule has 0 saturated carbocycles. The van der Waals surface area contributed by atoms with E-state index in [-0.39, 0.29) is 0 Å². The average molecular weight is 175 g/mol. The van der Waals surface area contributed by atoms with Crippen LogP contribution in [0.2, 0.25) is 0 Å². The molecule has 0 saturated heterocycles. The van der Waals surface area contributed by atoms with Crippen molar-refractivity contribution < 1.29 is 4.42 Å². The molecule has 2 nitrogen and oxygen atoms in total. The summed E-state index contributed by atoms with van der Waals surface area (Å²) in [5.74, 6) is 0. The smallest absolute Gasteiger partial charge is 0.181 e. The van der Waals surface area contributed by atoms with Crippen LogP contribution in [0.1, 0.15) is 25.3 Å². The number of hydrogen-bond donors (Lipinski definition) is 0. The predicted molar refractivity (Wildman–Crippen MR) is 52.6 cm³/mol. The topological polar surface area (TPSA) is 26.0 Å². The molecule has 0 aliphatic carbocycles. The Hall–Kier alpha value is -1.31. The van der Waals surface area contributed by atoms with E-state index in [1.54, 1.807) is 0 Å². The summed E-state index contributed by atoms with van der Waals surface area (Å²) in [5, 5.41) is 0. The maximum Gasteiger partial charge on any atom is 0.181 e. The number of nitrogens with zero attached hydrogens (tertiary/aromatic N) is 1. The second-order valence-electron chi connectivity index (χ2n) is 3.22. The SMILES string of the molecule is CCCCc1cccc2ncoc12. The highest BCUT2D eigenvalue weighted by atomic mass is 16.3. The Morgan fingerprint density at radius 2 is 2.31 bits per heavy atom. The lowest BCUT2D eigenvalue weighted by Crippen LogP contribution is -1.84. The normalized spacial score (nSPS) is 10.8. The van der Waals surface area contributed by atoms with E-state index >= 15 is 0 Å². The molecule has 1 aromatic carbocycles. The fourth-order valence-electron chi connectivity index (χ4n) is 1.51. The molecule has 0 spiro atoms. The zero-order chi connectivity index (χ0) is 9.10. The van der Waals surface area contributed by atoms with Gasteiger partial charge in [0.1, 0.15) is 5.52 Å². The lowest BCUT2D eigenvalue weighted by molar-refractivity contribution is 0.596. The molecule has 2 aromatic rings. The van der Waals surface area contributed by atoms with Crippen molar-refractivity contribution >= 4 is 11.1 Å². The van der Waals surface area contributed by atoms with Gasteiger partial charge in [0.05, 0.1) is 0 Å². The molecule has 0 amide bonds. The van der Waals surface area contributed by atoms with Gasteiger partial charge in [0.25, 0.3) is 0 Å². The van der Waals surface area contributed by atoms with Crippen molar-refractivity contribution in [2.45, 2.75) is 26.2 Å². The maximum absolute atomic E-state index is 5.33. The summed E-state index contributed by atoms with van der Waals surface area (Å²) in [6.45, 7) is 2.19. The van der Waals surface area contributed by atoms with E-state index < -0.39 is 0 Å².